The van der Waals surface area contributed by atoms with E-state index in [1.807, 2.05) is 30.0 Å². The number of benzene rings is 1. The summed E-state index contributed by atoms with van der Waals surface area (Å²) in [4.78, 5) is 25.4. The Hall–Kier alpha value is -1.88. The molecule has 0 bridgehead atoms. The normalized spacial score (nSPS) is 20.3. The topological polar surface area (TPSA) is 69.6 Å². The molecule has 5 heteroatoms. The first-order valence-electron chi connectivity index (χ1n) is 7.92. The van der Waals surface area contributed by atoms with Crippen LogP contribution in [-0.2, 0) is 4.79 Å². The van der Waals surface area contributed by atoms with Gasteiger partial charge in [-0.15, -0.1) is 0 Å². The Labute approximate surface area is 131 Å². The second-order valence-corrected chi connectivity index (χ2v) is 5.84. The SMILES string of the molecule is CC[C@H](C(=O)O)N1CCC[C@@H](CNC(=O)c2ccccc2)C1. The molecule has 120 valence electrons. The van der Waals surface area contributed by atoms with Gasteiger partial charge in [0.15, 0.2) is 0 Å². The van der Waals surface area contributed by atoms with Gasteiger partial charge in [0, 0.05) is 18.7 Å². The second-order valence-electron chi connectivity index (χ2n) is 5.84. The van der Waals surface area contributed by atoms with E-state index < -0.39 is 12.0 Å². The van der Waals surface area contributed by atoms with Gasteiger partial charge in [-0.2, -0.15) is 0 Å². The van der Waals surface area contributed by atoms with Crippen LogP contribution >= 0.6 is 0 Å². The molecule has 1 aromatic carbocycles. The summed E-state index contributed by atoms with van der Waals surface area (Å²) in [5, 5.41) is 12.2. The molecule has 2 rings (SSSR count). The number of nitrogens with one attached hydrogen (secondary N) is 1. The van der Waals surface area contributed by atoms with Gasteiger partial charge in [0.2, 0.25) is 0 Å². The number of carbonyl (C=O) groups excluding carboxylic acids is 1. The van der Waals surface area contributed by atoms with Gasteiger partial charge in [-0.05, 0) is 43.9 Å². The van der Waals surface area contributed by atoms with E-state index in [-0.39, 0.29) is 5.91 Å². The van der Waals surface area contributed by atoms with Gasteiger partial charge in [-0.3, -0.25) is 14.5 Å². The minimum atomic E-state index is -0.753. The van der Waals surface area contributed by atoms with Crippen LogP contribution in [0.15, 0.2) is 30.3 Å². The summed E-state index contributed by atoms with van der Waals surface area (Å²) in [7, 11) is 0. The molecular weight excluding hydrogens is 280 g/mol. The zero-order chi connectivity index (χ0) is 15.9. The summed E-state index contributed by atoms with van der Waals surface area (Å²) in [5.74, 6) is -0.505. The molecule has 0 radical (unpaired) electrons. The lowest BCUT2D eigenvalue weighted by molar-refractivity contribution is -0.144. The Morgan fingerprint density at radius 1 is 1.36 bits per heavy atom. The van der Waals surface area contributed by atoms with Crippen molar-refractivity contribution in [2.45, 2.75) is 32.2 Å². The first-order valence-corrected chi connectivity index (χ1v) is 7.92. The Bertz CT molecular complexity index is 504. The van der Waals surface area contributed by atoms with Gasteiger partial charge in [-0.1, -0.05) is 25.1 Å². The molecule has 2 N–H and O–H groups in total. The number of likely N-dealkylation sites (tertiary alicyclic amines) is 1. The highest BCUT2D eigenvalue weighted by molar-refractivity contribution is 5.94. The third-order valence-corrected chi connectivity index (χ3v) is 4.25. The van der Waals surface area contributed by atoms with E-state index in [9.17, 15) is 14.7 Å². The molecule has 22 heavy (non-hydrogen) atoms. The highest BCUT2D eigenvalue weighted by Gasteiger charge is 2.29. The lowest BCUT2D eigenvalue weighted by Gasteiger charge is -2.36. The zero-order valence-electron chi connectivity index (χ0n) is 13.0. The van der Waals surface area contributed by atoms with Crippen molar-refractivity contribution in [2.24, 2.45) is 5.92 Å². The molecule has 5 nitrogen and oxygen atoms in total. The number of amides is 1. The van der Waals surface area contributed by atoms with Gasteiger partial charge in [0.1, 0.15) is 6.04 Å². The second kappa shape index (κ2) is 7.94. The predicted molar refractivity (Wildman–Crippen MR) is 84.8 cm³/mol. The van der Waals surface area contributed by atoms with E-state index in [1.54, 1.807) is 12.1 Å². The summed E-state index contributed by atoms with van der Waals surface area (Å²) in [6.45, 7) is 4.06. The number of aliphatic carboxylic acids is 1. The van der Waals surface area contributed by atoms with Crippen LogP contribution in [0.5, 0.6) is 0 Å². The number of hydrogen-bond donors (Lipinski definition) is 2. The summed E-state index contributed by atoms with van der Waals surface area (Å²) < 4.78 is 0. The molecule has 0 unspecified atom stereocenters. The van der Waals surface area contributed by atoms with Crippen molar-refractivity contribution in [3.05, 3.63) is 35.9 Å². The van der Waals surface area contributed by atoms with E-state index in [2.05, 4.69) is 5.32 Å². The third-order valence-electron chi connectivity index (χ3n) is 4.25. The molecule has 0 aliphatic carbocycles. The van der Waals surface area contributed by atoms with Crippen LogP contribution < -0.4 is 5.32 Å². The van der Waals surface area contributed by atoms with Gasteiger partial charge >= 0.3 is 5.97 Å². The molecule has 1 fully saturated rings. The summed E-state index contributed by atoms with van der Waals surface area (Å²) in [6.07, 6.45) is 2.62. The monoisotopic (exact) mass is 304 g/mol. The first kappa shape index (κ1) is 16.5. The van der Waals surface area contributed by atoms with Crippen molar-refractivity contribution in [1.29, 1.82) is 0 Å². The fourth-order valence-electron chi connectivity index (χ4n) is 3.06. The zero-order valence-corrected chi connectivity index (χ0v) is 13.0. The fraction of sp³-hybridized carbons (Fsp3) is 0.529. The average Bonchev–Trinajstić information content (AvgIpc) is 2.54. The number of piperidine rings is 1. The van der Waals surface area contributed by atoms with Gasteiger partial charge in [0.25, 0.3) is 5.91 Å². The van der Waals surface area contributed by atoms with Gasteiger partial charge in [-0.25, -0.2) is 0 Å². The number of hydrogen-bond acceptors (Lipinski definition) is 3. The van der Waals surface area contributed by atoms with Crippen LogP contribution in [0.3, 0.4) is 0 Å². The standard InChI is InChI=1S/C17H24N2O3/c1-2-15(17(21)22)19-10-6-7-13(12-19)11-18-16(20)14-8-4-3-5-9-14/h3-5,8-9,13,15H,2,6-7,10-12H2,1H3,(H,18,20)(H,21,22)/t13-,15+/m0/s1. The molecule has 1 aliphatic rings. The molecule has 0 saturated carbocycles. The number of carbonyl (C=O) groups is 2. The molecule has 1 heterocycles. The minimum Gasteiger partial charge on any atom is -0.480 e. The van der Waals surface area contributed by atoms with Crippen molar-refractivity contribution in [3.63, 3.8) is 0 Å². The van der Waals surface area contributed by atoms with Gasteiger partial charge < -0.3 is 10.4 Å². The highest BCUT2D eigenvalue weighted by Crippen LogP contribution is 2.19. The molecule has 2 atom stereocenters. The lowest BCUT2D eigenvalue weighted by atomic mass is 9.96. The molecule has 1 amide bonds. The van der Waals surface area contributed by atoms with E-state index in [0.29, 0.717) is 24.4 Å². The van der Waals surface area contributed by atoms with Crippen LogP contribution in [0.2, 0.25) is 0 Å². The van der Waals surface area contributed by atoms with Crippen LogP contribution in [0.25, 0.3) is 0 Å². The van der Waals surface area contributed by atoms with Crippen molar-refractivity contribution in [2.75, 3.05) is 19.6 Å². The quantitative estimate of drug-likeness (QED) is 0.843. The van der Waals surface area contributed by atoms with Crippen LogP contribution in [0, 0.1) is 5.92 Å². The molecule has 1 aromatic rings. The predicted octanol–water partition coefficient (Wildman–Crippen LogP) is 1.99. The molecule has 0 spiro atoms. The van der Waals surface area contributed by atoms with Crippen LogP contribution in [-0.4, -0.2) is 47.6 Å². The Kier molecular flexibility index (Phi) is 5.95. The van der Waals surface area contributed by atoms with Crippen LogP contribution in [0.4, 0.5) is 0 Å². The van der Waals surface area contributed by atoms with Crippen molar-refractivity contribution >= 4 is 11.9 Å². The smallest absolute Gasteiger partial charge is 0.320 e. The number of carboxylic acid groups (broad SMARTS) is 1. The Morgan fingerprint density at radius 2 is 2.09 bits per heavy atom. The third kappa shape index (κ3) is 4.31. The van der Waals surface area contributed by atoms with Crippen molar-refractivity contribution < 1.29 is 14.7 Å². The Morgan fingerprint density at radius 3 is 2.73 bits per heavy atom. The van der Waals surface area contributed by atoms with Gasteiger partial charge in [0.05, 0.1) is 0 Å². The van der Waals surface area contributed by atoms with E-state index in [1.165, 1.54) is 0 Å². The minimum absolute atomic E-state index is 0.0667. The van der Waals surface area contributed by atoms with Crippen molar-refractivity contribution in [3.8, 4) is 0 Å². The van der Waals surface area contributed by atoms with Crippen LogP contribution in [0.1, 0.15) is 36.5 Å². The van der Waals surface area contributed by atoms with E-state index in [4.69, 9.17) is 0 Å². The Balaban J connectivity index is 1.85. The first-order chi connectivity index (χ1) is 10.6. The maximum atomic E-state index is 12.0. The maximum absolute atomic E-state index is 12.0. The summed E-state index contributed by atoms with van der Waals surface area (Å²) in [5.41, 5.74) is 0.659. The number of carboxylic acids is 1. The molecule has 0 aromatic heterocycles. The largest absolute Gasteiger partial charge is 0.480 e. The summed E-state index contributed by atoms with van der Waals surface area (Å²) in [6, 6.07) is 8.74. The van der Waals surface area contributed by atoms with E-state index >= 15 is 0 Å². The lowest BCUT2D eigenvalue weighted by Crippen LogP contribution is -2.48. The molecular formula is C17H24N2O3. The fourth-order valence-corrected chi connectivity index (χ4v) is 3.06. The maximum Gasteiger partial charge on any atom is 0.320 e. The van der Waals surface area contributed by atoms with Crippen molar-refractivity contribution in [1.82, 2.24) is 10.2 Å². The molecule has 1 saturated heterocycles. The summed E-state index contributed by atoms with van der Waals surface area (Å²) >= 11 is 0. The van der Waals surface area contributed by atoms with E-state index in [0.717, 1.165) is 25.9 Å². The number of nitrogens with zero attached hydrogens (tertiary/aromatic N) is 1. The number of rotatable bonds is 6. The average molecular weight is 304 g/mol. The highest BCUT2D eigenvalue weighted by atomic mass is 16.4. The molecule has 1 aliphatic heterocycles.